The Morgan fingerprint density at radius 1 is 1.07 bits per heavy atom. The molecule has 5 heteroatoms. The molecule has 0 aliphatic rings. The van der Waals surface area contributed by atoms with Gasteiger partial charge in [0.05, 0.1) is 0 Å². The van der Waals surface area contributed by atoms with Crippen LogP contribution in [-0.4, -0.2) is 35.4 Å². The number of amides is 2. The van der Waals surface area contributed by atoms with Gasteiger partial charge < -0.3 is 15.0 Å². The minimum Gasteiger partial charge on any atom is -0.483 e. The third-order valence-electron chi connectivity index (χ3n) is 5.48. The molecule has 2 unspecified atom stereocenters. The predicted molar refractivity (Wildman–Crippen MR) is 120 cm³/mol. The summed E-state index contributed by atoms with van der Waals surface area (Å²) in [4.78, 5) is 27.4. The minimum atomic E-state index is -0.601. The zero-order valence-corrected chi connectivity index (χ0v) is 19.0. The SMILES string of the molecule is CCC(C)NC(=O)C(C)N(Cc1ccccc1)C(=O)COc1cc(C)cc(C)c1C. The summed E-state index contributed by atoms with van der Waals surface area (Å²) < 4.78 is 5.89. The number of hydrogen-bond donors (Lipinski definition) is 1. The van der Waals surface area contributed by atoms with Gasteiger partial charge in [0.15, 0.2) is 6.61 Å². The molecule has 1 N–H and O–H groups in total. The highest BCUT2D eigenvalue weighted by Gasteiger charge is 2.27. The average molecular weight is 411 g/mol. The van der Waals surface area contributed by atoms with Crippen LogP contribution < -0.4 is 10.1 Å². The Bertz CT molecular complexity index is 864. The Labute approximate surface area is 180 Å². The molecule has 162 valence electrons. The number of aryl methyl sites for hydroxylation is 2. The fraction of sp³-hybridized carbons (Fsp3) is 0.440. The lowest BCUT2D eigenvalue weighted by Gasteiger charge is -2.29. The molecular weight excluding hydrogens is 376 g/mol. The van der Waals surface area contributed by atoms with Crippen LogP contribution in [0.1, 0.15) is 49.4 Å². The molecule has 0 heterocycles. The van der Waals surface area contributed by atoms with Crippen LogP contribution in [0.2, 0.25) is 0 Å². The summed E-state index contributed by atoms with van der Waals surface area (Å²) in [5.74, 6) is 0.331. The van der Waals surface area contributed by atoms with Crippen LogP contribution in [-0.2, 0) is 16.1 Å². The molecular formula is C25H34N2O3. The van der Waals surface area contributed by atoms with Crippen LogP contribution in [0.4, 0.5) is 0 Å². The van der Waals surface area contributed by atoms with Gasteiger partial charge in [0, 0.05) is 12.6 Å². The number of carbonyl (C=O) groups is 2. The number of rotatable bonds is 9. The van der Waals surface area contributed by atoms with Crippen LogP contribution in [0.15, 0.2) is 42.5 Å². The van der Waals surface area contributed by atoms with Crippen molar-refractivity contribution in [1.82, 2.24) is 10.2 Å². The maximum atomic E-state index is 13.1. The first-order valence-electron chi connectivity index (χ1n) is 10.6. The molecule has 0 bridgehead atoms. The van der Waals surface area contributed by atoms with Gasteiger partial charge in [-0.1, -0.05) is 43.3 Å². The van der Waals surface area contributed by atoms with E-state index < -0.39 is 6.04 Å². The molecule has 0 aliphatic carbocycles. The molecule has 2 atom stereocenters. The first-order valence-corrected chi connectivity index (χ1v) is 10.6. The topological polar surface area (TPSA) is 58.6 Å². The summed E-state index contributed by atoms with van der Waals surface area (Å²) in [6.45, 7) is 12.0. The highest BCUT2D eigenvalue weighted by atomic mass is 16.5. The fourth-order valence-electron chi connectivity index (χ4n) is 3.20. The number of hydrogen-bond acceptors (Lipinski definition) is 3. The summed E-state index contributed by atoms with van der Waals surface area (Å²) >= 11 is 0. The monoisotopic (exact) mass is 410 g/mol. The quantitative estimate of drug-likeness (QED) is 0.670. The zero-order chi connectivity index (χ0) is 22.3. The Morgan fingerprint density at radius 2 is 1.73 bits per heavy atom. The lowest BCUT2D eigenvalue weighted by atomic mass is 10.1. The van der Waals surface area contributed by atoms with Gasteiger partial charge >= 0.3 is 0 Å². The lowest BCUT2D eigenvalue weighted by molar-refractivity contribution is -0.142. The second-order valence-corrected chi connectivity index (χ2v) is 7.99. The Kier molecular flexibility index (Phi) is 8.46. The van der Waals surface area contributed by atoms with Gasteiger partial charge in [-0.25, -0.2) is 0 Å². The molecule has 0 aromatic heterocycles. The molecule has 2 amide bonds. The van der Waals surface area contributed by atoms with Gasteiger partial charge in [-0.2, -0.15) is 0 Å². The van der Waals surface area contributed by atoms with Crippen molar-refractivity contribution < 1.29 is 14.3 Å². The summed E-state index contributed by atoms with van der Waals surface area (Å²) in [6.07, 6.45) is 0.834. The van der Waals surface area contributed by atoms with Gasteiger partial charge in [-0.05, 0) is 69.4 Å². The first-order chi connectivity index (χ1) is 14.2. The number of nitrogens with zero attached hydrogens (tertiary/aromatic N) is 1. The predicted octanol–water partition coefficient (Wildman–Crippen LogP) is 4.32. The maximum absolute atomic E-state index is 13.1. The van der Waals surface area contributed by atoms with Crippen molar-refractivity contribution in [2.24, 2.45) is 0 Å². The van der Waals surface area contributed by atoms with Crippen molar-refractivity contribution in [3.63, 3.8) is 0 Å². The second-order valence-electron chi connectivity index (χ2n) is 7.99. The molecule has 2 rings (SSSR count). The highest BCUT2D eigenvalue weighted by Crippen LogP contribution is 2.23. The molecule has 0 saturated heterocycles. The largest absolute Gasteiger partial charge is 0.483 e. The number of nitrogens with one attached hydrogen (secondary N) is 1. The van der Waals surface area contributed by atoms with Crippen LogP contribution in [0, 0.1) is 20.8 Å². The Hall–Kier alpha value is -2.82. The summed E-state index contributed by atoms with van der Waals surface area (Å²) in [5, 5.41) is 2.97. The van der Waals surface area contributed by atoms with E-state index in [4.69, 9.17) is 4.74 Å². The van der Waals surface area contributed by atoms with E-state index >= 15 is 0 Å². The smallest absolute Gasteiger partial charge is 0.261 e. The molecule has 5 nitrogen and oxygen atoms in total. The van der Waals surface area contributed by atoms with Crippen molar-refractivity contribution in [2.45, 2.75) is 66.6 Å². The average Bonchev–Trinajstić information content (AvgIpc) is 2.73. The van der Waals surface area contributed by atoms with Crippen molar-refractivity contribution in [1.29, 1.82) is 0 Å². The van der Waals surface area contributed by atoms with E-state index in [1.807, 2.05) is 71.0 Å². The molecule has 0 fully saturated rings. The van der Waals surface area contributed by atoms with E-state index in [9.17, 15) is 9.59 Å². The molecule has 2 aromatic rings. The molecule has 0 aliphatic heterocycles. The number of carbonyl (C=O) groups excluding carboxylic acids is 2. The third kappa shape index (κ3) is 6.34. The molecule has 0 spiro atoms. The van der Waals surface area contributed by atoms with E-state index in [0.717, 1.165) is 28.7 Å². The van der Waals surface area contributed by atoms with Gasteiger partial charge in [0.25, 0.3) is 5.91 Å². The van der Waals surface area contributed by atoms with Crippen LogP contribution in [0.5, 0.6) is 5.75 Å². The normalized spacial score (nSPS) is 12.7. The van der Waals surface area contributed by atoms with E-state index in [2.05, 4.69) is 11.4 Å². The van der Waals surface area contributed by atoms with Gasteiger partial charge in [-0.3, -0.25) is 9.59 Å². The number of ether oxygens (including phenoxy) is 1. The van der Waals surface area contributed by atoms with Gasteiger partial charge in [0.1, 0.15) is 11.8 Å². The second kappa shape index (κ2) is 10.8. The molecule has 2 aromatic carbocycles. The molecule has 0 radical (unpaired) electrons. The van der Waals surface area contributed by atoms with E-state index in [1.165, 1.54) is 0 Å². The number of benzene rings is 2. The fourth-order valence-corrected chi connectivity index (χ4v) is 3.20. The zero-order valence-electron chi connectivity index (χ0n) is 19.0. The Balaban J connectivity index is 2.18. The van der Waals surface area contributed by atoms with Crippen molar-refractivity contribution in [3.05, 3.63) is 64.7 Å². The van der Waals surface area contributed by atoms with Gasteiger partial charge in [-0.15, -0.1) is 0 Å². The highest BCUT2D eigenvalue weighted by molar-refractivity contribution is 5.88. The van der Waals surface area contributed by atoms with Crippen LogP contribution >= 0.6 is 0 Å². The van der Waals surface area contributed by atoms with Crippen LogP contribution in [0.3, 0.4) is 0 Å². The van der Waals surface area contributed by atoms with E-state index in [-0.39, 0.29) is 24.5 Å². The first kappa shape index (κ1) is 23.5. The van der Waals surface area contributed by atoms with Crippen molar-refractivity contribution in [2.75, 3.05) is 6.61 Å². The lowest BCUT2D eigenvalue weighted by Crippen LogP contribution is -2.50. The minimum absolute atomic E-state index is 0.0581. The summed E-state index contributed by atoms with van der Waals surface area (Å²) in [7, 11) is 0. The van der Waals surface area contributed by atoms with Gasteiger partial charge in [0.2, 0.25) is 5.91 Å². The van der Waals surface area contributed by atoms with E-state index in [0.29, 0.717) is 12.3 Å². The molecule has 30 heavy (non-hydrogen) atoms. The van der Waals surface area contributed by atoms with Crippen molar-refractivity contribution >= 4 is 11.8 Å². The molecule has 0 saturated carbocycles. The van der Waals surface area contributed by atoms with Crippen molar-refractivity contribution in [3.8, 4) is 5.75 Å². The summed E-state index contributed by atoms with van der Waals surface area (Å²) in [6, 6.07) is 13.2. The Morgan fingerprint density at radius 3 is 2.37 bits per heavy atom. The maximum Gasteiger partial charge on any atom is 0.261 e. The third-order valence-corrected chi connectivity index (χ3v) is 5.48. The van der Waals surface area contributed by atoms with E-state index in [1.54, 1.807) is 11.8 Å². The summed E-state index contributed by atoms with van der Waals surface area (Å²) in [5.41, 5.74) is 4.20. The van der Waals surface area contributed by atoms with Crippen LogP contribution in [0.25, 0.3) is 0 Å². The standard InChI is InChI=1S/C25H34N2O3/c1-7-19(4)26-25(29)21(6)27(15-22-11-9-8-10-12-22)24(28)16-30-23-14-17(2)13-18(3)20(23)5/h8-14,19,21H,7,15-16H2,1-6H3,(H,26,29).